The van der Waals surface area contributed by atoms with Crippen molar-refractivity contribution < 1.29 is 14.6 Å². The van der Waals surface area contributed by atoms with Crippen LogP contribution in [0.25, 0.3) is 0 Å². The second kappa shape index (κ2) is 14.7. The molecule has 3 N–H and O–H groups in total. The summed E-state index contributed by atoms with van der Waals surface area (Å²) in [6.45, 7) is 5.29. The van der Waals surface area contributed by atoms with Crippen LogP contribution in [0.15, 0.2) is 42.9 Å². The van der Waals surface area contributed by atoms with Gasteiger partial charge in [0.25, 0.3) is 0 Å². The number of aryl methyl sites for hydroxylation is 3. The molecule has 11 nitrogen and oxygen atoms in total. The molecule has 1 aliphatic rings. The molecule has 3 aromatic heterocycles. The molecule has 0 saturated carbocycles. The lowest BCUT2D eigenvalue weighted by Crippen LogP contribution is -2.37. The Morgan fingerprint density at radius 1 is 1.18 bits per heavy atom. The van der Waals surface area contributed by atoms with Gasteiger partial charge in [0.1, 0.15) is 30.3 Å². The van der Waals surface area contributed by atoms with E-state index in [-0.39, 0.29) is 11.5 Å². The number of nitrogens with zero attached hydrogens (tertiary/aromatic N) is 6. The number of carboxylic acid groups (broad SMARTS) is 1. The van der Waals surface area contributed by atoms with E-state index >= 15 is 0 Å². The van der Waals surface area contributed by atoms with Crippen molar-refractivity contribution in [2.75, 3.05) is 43.4 Å². The van der Waals surface area contributed by atoms with Gasteiger partial charge in [-0.05, 0) is 75.8 Å². The molecule has 4 heterocycles. The molecule has 1 atom stereocenters. The summed E-state index contributed by atoms with van der Waals surface area (Å²) in [5.41, 5.74) is 3.27. The number of anilines is 2. The Labute approximate surface area is 234 Å². The number of carbonyl (C=O) groups is 1. The number of unbranched alkanes of at least 4 members (excludes halogenated alkanes) is 1. The summed E-state index contributed by atoms with van der Waals surface area (Å²) in [6.07, 6.45) is 9.90. The van der Waals surface area contributed by atoms with Crippen LogP contribution in [0.5, 0.6) is 5.75 Å². The highest BCUT2D eigenvalue weighted by molar-refractivity contribution is 5.77. The summed E-state index contributed by atoms with van der Waals surface area (Å²) in [4.78, 5) is 31.4. The highest BCUT2D eigenvalue weighted by atomic mass is 16.5. The van der Waals surface area contributed by atoms with Crippen LogP contribution in [0.3, 0.4) is 0 Å². The standard InChI is InChI=1S/C29H36N8O3/c1-21-26(8-5-12-31-21)40-19-18-37(16-3-2-7-23-10-9-22-6-4-13-33-27(22)35-23)17-11-24(29(38)39)36-28-25(20-30)32-14-15-34-28/h5,8-10,12,14-15,24H,2-4,6-7,11,13,16-19H2,1H3,(H,33,35)(H,34,36)(H,38,39)/t24-/m0/s1. The number of aliphatic carboxylic acids is 1. The van der Waals surface area contributed by atoms with Crippen molar-refractivity contribution in [3.8, 4) is 11.8 Å². The SMILES string of the molecule is Cc1ncccc1OCCN(CCCCc1ccc2c(n1)NCCC2)CC[C@H](Nc1nccnc1C#N)C(=O)O. The Morgan fingerprint density at radius 2 is 2.05 bits per heavy atom. The maximum atomic E-state index is 12.0. The molecule has 1 aliphatic heterocycles. The van der Waals surface area contributed by atoms with Crippen molar-refractivity contribution in [1.29, 1.82) is 5.26 Å². The fourth-order valence-electron chi connectivity index (χ4n) is 4.65. The van der Waals surface area contributed by atoms with E-state index in [0.29, 0.717) is 26.1 Å². The number of pyridine rings is 2. The predicted octanol–water partition coefficient (Wildman–Crippen LogP) is 3.46. The molecule has 0 radical (unpaired) electrons. The van der Waals surface area contributed by atoms with E-state index in [9.17, 15) is 15.2 Å². The molecule has 0 aromatic carbocycles. The quantitative estimate of drug-likeness (QED) is 0.241. The average Bonchev–Trinajstić information content (AvgIpc) is 2.97. The average molecular weight is 545 g/mol. The van der Waals surface area contributed by atoms with Gasteiger partial charge in [-0.1, -0.05) is 6.07 Å². The first-order valence-electron chi connectivity index (χ1n) is 13.7. The molecule has 0 aliphatic carbocycles. The van der Waals surface area contributed by atoms with Crippen LogP contribution in [0.4, 0.5) is 11.6 Å². The zero-order valence-corrected chi connectivity index (χ0v) is 22.8. The summed E-state index contributed by atoms with van der Waals surface area (Å²) in [5.74, 6) is 0.921. The van der Waals surface area contributed by atoms with Crippen LogP contribution in [-0.4, -0.2) is 74.7 Å². The van der Waals surface area contributed by atoms with Gasteiger partial charge in [0.2, 0.25) is 0 Å². The van der Waals surface area contributed by atoms with Gasteiger partial charge in [0, 0.05) is 43.9 Å². The number of aromatic nitrogens is 4. The third kappa shape index (κ3) is 8.35. The monoisotopic (exact) mass is 544 g/mol. The van der Waals surface area contributed by atoms with E-state index in [4.69, 9.17) is 9.72 Å². The summed E-state index contributed by atoms with van der Waals surface area (Å²) in [5, 5.41) is 25.4. The van der Waals surface area contributed by atoms with Gasteiger partial charge in [-0.2, -0.15) is 5.26 Å². The molecule has 0 amide bonds. The van der Waals surface area contributed by atoms with Crippen LogP contribution in [0.1, 0.15) is 48.3 Å². The maximum absolute atomic E-state index is 12.0. The minimum atomic E-state index is -1.01. The number of carboxylic acids is 1. The molecule has 40 heavy (non-hydrogen) atoms. The first kappa shape index (κ1) is 28.7. The van der Waals surface area contributed by atoms with Crippen LogP contribution >= 0.6 is 0 Å². The molecule has 0 spiro atoms. The molecule has 11 heteroatoms. The van der Waals surface area contributed by atoms with Crippen LogP contribution in [0, 0.1) is 18.3 Å². The van der Waals surface area contributed by atoms with Gasteiger partial charge in [0.05, 0.1) is 5.69 Å². The Morgan fingerprint density at radius 3 is 2.88 bits per heavy atom. The lowest BCUT2D eigenvalue weighted by atomic mass is 10.1. The molecule has 0 bridgehead atoms. The highest BCUT2D eigenvalue weighted by Gasteiger charge is 2.21. The number of ether oxygens (including phenoxy) is 1. The number of nitriles is 1. The Bertz CT molecular complexity index is 1310. The summed E-state index contributed by atoms with van der Waals surface area (Å²) in [6, 6.07) is 9.07. The first-order chi connectivity index (χ1) is 19.5. The maximum Gasteiger partial charge on any atom is 0.326 e. The van der Waals surface area contributed by atoms with Crippen molar-refractivity contribution >= 4 is 17.6 Å². The molecular weight excluding hydrogens is 508 g/mol. The number of rotatable bonds is 15. The Hall–Kier alpha value is -4.30. The first-order valence-corrected chi connectivity index (χ1v) is 13.7. The number of nitrogens with one attached hydrogen (secondary N) is 2. The van der Waals surface area contributed by atoms with Crippen molar-refractivity contribution in [1.82, 2.24) is 24.8 Å². The number of hydrogen-bond donors (Lipinski definition) is 3. The molecule has 210 valence electrons. The molecule has 0 fully saturated rings. The highest BCUT2D eigenvalue weighted by Crippen LogP contribution is 2.20. The van der Waals surface area contributed by atoms with Gasteiger partial charge in [-0.3, -0.25) is 9.88 Å². The van der Waals surface area contributed by atoms with E-state index < -0.39 is 12.0 Å². The van der Waals surface area contributed by atoms with E-state index in [1.165, 1.54) is 18.0 Å². The second-order valence-corrected chi connectivity index (χ2v) is 9.76. The predicted molar refractivity (Wildman–Crippen MR) is 151 cm³/mol. The lowest BCUT2D eigenvalue weighted by Gasteiger charge is -2.25. The van der Waals surface area contributed by atoms with Gasteiger partial charge in [-0.25, -0.2) is 19.7 Å². The third-order valence-corrected chi connectivity index (χ3v) is 6.88. The Balaban J connectivity index is 1.33. The van der Waals surface area contributed by atoms with Gasteiger partial charge in [-0.15, -0.1) is 0 Å². The Kier molecular flexibility index (Phi) is 10.6. The minimum Gasteiger partial charge on any atom is -0.490 e. The number of hydrogen-bond acceptors (Lipinski definition) is 10. The molecular formula is C29H36N8O3. The molecule has 0 saturated heterocycles. The summed E-state index contributed by atoms with van der Waals surface area (Å²) in [7, 11) is 0. The summed E-state index contributed by atoms with van der Waals surface area (Å²) >= 11 is 0. The van der Waals surface area contributed by atoms with Crippen molar-refractivity contribution in [3.05, 3.63) is 65.5 Å². The lowest BCUT2D eigenvalue weighted by molar-refractivity contribution is -0.138. The van der Waals surface area contributed by atoms with Crippen molar-refractivity contribution in [3.63, 3.8) is 0 Å². The zero-order chi connectivity index (χ0) is 28.2. The number of fused-ring (bicyclic) bond motifs is 1. The normalized spacial score (nSPS) is 13.1. The van der Waals surface area contributed by atoms with E-state index in [0.717, 1.165) is 68.1 Å². The van der Waals surface area contributed by atoms with Crippen molar-refractivity contribution in [2.45, 2.75) is 51.5 Å². The van der Waals surface area contributed by atoms with Gasteiger partial charge in [0.15, 0.2) is 11.5 Å². The van der Waals surface area contributed by atoms with Gasteiger partial charge < -0.3 is 20.5 Å². The third-order valence-electron chi connectivity index (χ3n) is 6.88. The molecule has 3 aromatic rings. The van der Waals surface area contributed by atoms with Crippen LogP contribution in [-0.2, 0) is 17.6 Å². The van der Waals surface area contributed by atoms with E-state index in [1.807, 2.05) is 25.1 Å². The smallest absolute Gasteiger partial charge is 0.326 e. The fraction of sp³-hybridized carbons (Fsp3) is 0.448. The van der Waals surface area contributed by atoms with Crippen LogP contribution in [0.2, 0.25) is 0 Å². The second-order valence-electron chi connectivity index (χ2n) is 9.76. The zero-order valence-electron chi connectivity index (χ0n) is 22.8. The van der Waals surface area contributed by atoms with E-state index in [1.54, 1.807) is 6.20 Å². The molecule has 4 rings (SSSR count). The minimum absolute atomic E-state index is 0.0665. The largest absolute Gasteiger partial charge is 0.490 e. The molecule has 0 unspecified atom stereocenters. The van der Waals surface area contributed by atoms with E-state index in [2.05, 4.69) is 42.6 Å². The van der Waals surface area contributed by atoms with Gasteiger partial charge >= 0.3 is 5.97 Å². The summed E-state index contributed by atoms with van der Waals surface area (Å²) < 4.78 is 5.97. The fourth-order valence-corrected chi connectivity index (χ4v) is 4.65. The van der Waals surface area contributed by atoms with Crippen LogP contribution < -0.4 is 15.4 Å². The topological polar surface area (TPSA) is 149 Å². The van der Waals surface area contributed by atoms with Crippen molar-refractivity contribution in [2.24, 2.45) is 0 Å².